The Hall–Kier alpha value is -5.30. The van der Waals surface area contributed by atoms with Crippen LogP contribution in [0, 0.1) is 11.6 Å². The molecule has 5 aliphatic heterocycles. The molecule has 6 heterocycles. The highest BCUT2D eigenvalue weighted by Crippen LogP contribution is 2.49. The summed E-state index contributed by atoms with van der Waals surface area (Å²) in [5, 5.41) is 14.7. The Morgan fingerprint density at radius 3 is 2.60 bits per heavy atom. The van der Waals surface area contributed by atoms with Gasteiger partial charge in [0, 0.05) is 30.1 Å². The molecule has 2 saturated heterocycles. The topological polar surface area (TPSA) is 96.7 Å². The largest absolute Gasteiger partial charge is 0.449 e. The number of amides is 1. The van der Waals surface area contributed by atoms with Gasteiger partial charge in [-0.2, -0.15) is 5.01 Å². The standard InChI is InChI=1S/C35H26F2N4O6/c36-23-12-11-22-28(29(23)37)25-10-5-14-38(25)24-9-4-3-8-21(24)30(22)41-27-18-45-17-16-39(27)33(43)31-32(26(42)13-15-40(31)41)46-35-20-7-2-1-6-19(20)34(44)47-35/h1-15,26-27,30,35,42H,16-18H2/t26?,27-,30-,35?/m1/s1. The summed E-state index contributed by atoms with van der Waals surface area (Å²) in [7, 11) is 0. The molecule has 1 amide bonds. The molecular formula is C35H26F2N4O6. The van der Waals surface area contributed by atoms with Crippen LogP contribution < -0.4 is 0 Å². The average Bonchev–Trinajstić information content (AvgIpc) is 3.67. The second-order valence-corrected chi connectivity index (χ2v) is 11.8. The zero-order valence-electron chi connectivity index (χ0n) is 24.6. The van der Waals surface area contributed by atoms with Crippen molar-refractivity contribution >= 4 is 11.9 Å². The Balaban J connectivity index is 1.26. The van der Waals surface area contributed by atoms with Gasteiger partial charge in [-0.25, -0.2) is 13.6 Å². The average molecular weight is 637 g/mol. The lowest BCUT2D eigenvalue weighted by Crippen LogP contribution is -2.68. The molecular weight excluding hydrogens is 610 g/mol. The van der Waals surface area contributed by atoms with Crippen molar-refractivity contribution in [1.82, 2.24) is 19.5 Å². The van der Waals surface area contributed by atoms with E-state index in [0.29, 0.717) is 22.4 Å². The summed E-state index contributed by atoms with van der Waals surface area (Å²) in [5.74, 6) is -3.09. The van der Waals surface area contributed by atoms with Gasteiger partial charge in [-0.05, 0) is 47.5 Å². The number of nitrogens with zero attached hydrogens (tertiary/aromatic N) is 4. The van der Waals surface area contributed by atoms with Gasteiger partial charge < -0.3 is 28.8 Å². The molecule has 9 rings (SSSR count). The summed E-state index contributed by atoms with van der Waals surface area (Å²) in [6, 6.07) is 19.7. The van der Waals surface area contributed by atoms with E-state index in [4.69, 9.17) is 14.2 Å². The molecule has 2 fully saturated rings. The van der Waals surface area contributed by atoms with E-state index in [1.54, 1.807) is 64.8 Å². The Bertz CT molecular complexity index is 2060. The SMILES string of the molecule is O=C1OC(OC2=C3C(=O)N4CCOC[C@H]4N([C@@H]4c5ccccc5-n5cccc5-c5c4ccc(F)c5F)N3C=CC2O)c2ccccc21. The summed E-state index contributed by atoms with van der Waals surface area (Å²) in [5.41, 5.74) is 3.33. The third-order valence-corrected chi connectivity index (χ3v) is 9.33. The van der Waals surface area contributed by atoms with E-state index >= 15 is 4.39 Å². The molecule has 0 saturated carbocycles. The Morgan fingerprint density at radius 1 is 0.915 bits per heavy atom. The van der Waals surface area contributed by atoms with Crippen molar-refractivity contribution in [3.63, 3.8) is 0 Å². The van der Waals surface area contributed by atoms with E-state index in [-0.39, 0.29) is 36.8 Å². The van der Waals surface area contributed by atoms with Gasteiger partial charge >= 0.3 is 5.97 Å². The van der Waals surface area contributed by atoms with Crippen LogP contribution in [-0.2, 0) is 19.0 Å². The number of fused-ring (bicyclic) bond motifs is 8. The number of hydrazine groups is 1. The summed E-state index contributed by atoms with van der Waals surface area (Å²) in [4.78, 5) is 28.6. The van der Waals surface area contributed by atoms with Crippen LogP contribution >= 0.6 is 0 Å². The number of rotatable bonds is 3. The monoisotopic (exact) mass is 636 g/mol. The van der Waals surface area contributed by atoms with Crippen LogP contribution in [0.4, 0.5) is 8.78 Å². The Morgan fingerprint density at radius 2 is 1.72 bits per heavy atom. The molecule has 0 radical (unpaired) electrons. The first-order valence-corrected chi connectivity index (χ1v) is 15.2. The maximum atomic E-state index is 16.0. The fourth-order valence-electron chi connectivity index (χ4n) is 7.28. The minimum Gasteiger partial charge on any atom is -0.449 e. The summed E-state index contributed by atoms with van der Waals surface area (Å²) < 4.78 is 50.4. The third-order valence-electron chi connectivity index (χ3n) is 9.33. The highest BCUT2D eigenvalue weighted by atomic mass is 19.2. The fraction of sp³-hybridized carbons (Fsp3) is 0.200. The van der Waals surface area contributed by atoms with Gasteiger partial charge in [0.1, 0.15) is 12.3 Å². The van der Waals surface area contributed by atoms with Gasteiger partial charge in [0.05, 0.1) is 36.2 Å². The number of aliphatic hydroxyl groups excluding tert-OH is 1. The van der Waals surface area contributed by atoms with Gasteiger partial charge in [-0.3, -0.25) is 9.80 Å². The number of para-hydroxylation sites is 1. The van der Waals surface area contributed by atoms with E-state index in [2.05, 4.69) is 0 Å². The van der Waals surface area contributed by atoms with Crippen molar-refractivity contribution in [3.05, 3.63) is 137 Å². The minimum atomic E-state index is -1.35. The summed E-state index contributed by atoms with van der Waals surface area (Å²) >= 11 is 0. The number of aliphatic hydroxyl groups is 1. The Kier molecular flexibility index (Phi) is 6.16. The number of halogens is 2. The van der Waals surface area contributed by atoms with Crippen molar-refractivity contribution in [2.45, 2.75) is 24.6 Å². The van der Waals surface area contributed by atoms with E-state index in [0.717, 1.165) is 17.3 Å². The fourth-order valence-corrected chi connectivity index (χ4v) is 7.28. The number of carbonyl (C=O) groups excluding carboxylic acids is 2. The van der Waals surface area contributed by atoms with Crippen molar-refractivity contribution in [1.29, 1.82) is 0 Å². The molecule has 0 bridgehead atoms. The molecule has 4 aromatic rings. The maximum Gasteiger partial charge on any atom is 0.342 e. The first kappa shape index (κ1) is 28.0. The molecule has 5 aliphatic rings. The number of cyclic esters (lactones) is 1. The van der Waals surface area contributed by atoms with Gasteiger partial charge in [-0.15, -0.1) is 0 Å². The first-order valence-electron chi connectivity index (χ1n) is 15.2. The molecule has 12 heteroatoms. The number of aromatic nitrogens is 1. The number of hydrogen-bond donors (Lipinski definition) is 1. The predicted molar refractivity (Wildman–Crippen MR) is 161 cm³/mol. The Labute approximate surface area is 266 Å². The van der Waals surface area contributed by atoms with Crippen LogP contribution in [0.15, 0.2) is 103 Å². The van der Waals surface area contributed by atoms with Gasteiger partial charge in [0.25, 0.3) is 12.2 Å². The normalized spacial score (nSPS) is 24.5. The smallest absolute Gasteiger partial charge is 0.342 e. The van der Waals surface area contributed by atoms with Crippen LogP contribution in [0.25, 0.3) is 16.9 Å². The van der Waals surface area contributed by atoms with E-state index in [9.17, 15) is 19.1 Å². The van der Waals surface area contributed by atoms with Crippen LogP contribution in [0.1, 0.15) is 39.4 Å². The first-order chi connectivity index (χ1) is 22.9. The van der Waals surface area contributed by atoms with E-state index < -0.39 is 48.1 Å². The quantitative estimate of drug-likeness (QED) is 0.328. The summed E-state index contributed by atoms with van der Waals surface area (Å²) in [6.45, 7) is 0.624. The van der Waals surface area contributed by atoms with E-state index in [1.807, 2.05) is 33.8 Å². The van der Waals surface area contributed by atoms with Gasteiger partial charge in [0.15, 0.2) is 23.1 Å². The molecule has 0 aliphatic carbocycles. The number of ether oxygens (including phenoxy) is 3. The highest BCUT2D eigenvalue weighted by molar-refractivity contribution is 5.95. The van der Waals surface area contributed by atoms with Crippen molar-refractivity contribution in [2.75, 3.05) is 19.8 Å². The number of esters is 1. The molecule has 47 heavy (non-hydrogen) atoms. The molecule has 2 unspecified atom stereocenters. The molecule has 1 N–H and O–H groups in total. The lowest BCUT2D eigenvalue weighted by molar-refractivity contribution is -0.192. The number of benzene rings is 3. The molecule has 3 aromatic carbocycles. The minimum absolute atomic E-state index is 0.00375. The third kappa shape index (κ3) is 3.98. The number of carbonyl (C=O) groups is 2. The van der Waals surface area contributed by atoms with Crippen molar-refractivity contribution < 1.29 is 37.7 Å². The molecule has 4 atom stereocenters. The molecule has 10 nitrogen and oxygen atoms in total. The number of hydrogen-bond acceptors (Lipinski definition) is 8. The maximum absolute atomic E-state index is 16.0. The van der Waals surface area contributed by atoms with Crippen LogP contribution in [0.5, 0.6) is 0 Å². The lowest BCUT2D eigenvalue weighted by Gasteiger charge is -2.55. The van der Waals surface area contributed by atoms with Crippen LogP contribution in [0.3, 0.4) is 0 Å². The van der Waals surface area contributed by atoms with Crippen molar-refractivity contribution in [2.24, 2.45) is 0 Å². The van der Waals surface area contributed by atoms with Crippen LogP contribution in [-0.4, -0.2) is 68.5 Å². The van der Waals surface area contributed by atoms with Gasteiger partial charge in [0.2, 0.25) is 0 Å². The zero-order valence-corrected chi connectivity index (χ0v) is 24.6. The highest BCUT2D eigenvalue weighted by Gasteiger charge is 2.51. The van der Waals surface area contributed by atoms with Gasteiger partial charge in [-0.1, -0.05) is 42.5 Å². The summed E-state index contributed by atoms with van der Waals surface area (Å²) in [6.07, 6.45) is 1.60. The van der Waals surface area contributed by atoms with Crippen molar-refractivity contribution in [3.8, 4) is 16.9 Å². The lowest BCUT2D eigenvalue weighted by atomic mass is 9.91. The van der Waals surface area contributed by atoms with Crippen LogP contribution in [0.2, 0.25) is 0 Å². The molecule has 0 spiro atoms. The molecule has 236 valence electrons. The molecule has 1 aromatic heterocycles. The number of morpholine rings is 1. The predicted octanol–water partition coefficient (Wildman–Crippen LogP) is 4.53. The second-order valence-electron chi connectivity index (χ2n) is 11.8. The zero-order chi connectivity index (χ0) is 32.0. The van der Waals surface area contributed by atoms with E-state index in [1.165, 1.54) is 6.08 Å². The second kappa shape index (κ2) is 10.4.